The van der Waals surface area contributed by atoms with Gasteiger partial charge in [-0.15, -0.1) is 0 Å². The van der Waals surface area contributed by atoms with Gasteiger partial charge in [0, 0.05) is 17.5 Å². The fraction of sp³-hybridized carbons (Fsp3) is 0.636. The van der Waals surface area contributed by atoms with Crippen LogP contribution in [0.1, 0.15) is 44.9 Å². The van der Waals surface area contributed by atoms with Gasteiger partial charge < -0.3 is 11.1 Å². The number of nitrogens with one attached hydrogen (secondary N) is 1. The number of hydrogen-bond donors (Lipinski definition) is 2. The average Bonchev–Trinajstić information content (AvgIpc) is 3.53. The second kappa shape index (κ2) is 7.27. The quantitative estimate of drug-likeness (QED) is 0.661. The topological polar surface area (TPSA) is 110 Å². The van der Waals surface area contributed by atoms with E-state index in [9.17, 15) is 22.4 Å². The minimum absolute atomic E-state index is 0.0468. The summed E-state index contributed by atoms with van der Waals surface area (Å²) >= 11 is 0. The standard InChI is InChI=1S/C22H28FN3O4S/c23-16-2-1-3-18(8-16)31(29,30)26(17-4-5-17)12-19(27)25-20-14-6-13-7-15(20)11-22(9-13,10-14)21(24)28/h1-3,8,13-15,17,20H,4-7,9-12H2,(H2,24,28)(H,25,27). The molecule has 168 valence electrons. The fourth-order valence-electron chi connectivity index (χ4n) is 6.47. The number of carbonyl (C=O) groups excluding carboxylic acids is 2. The molecule has 1 aromatic rings. The normalized spacial score (nSPS) is 34.1. The molecule has 0 aromatic heterocycles. The maximum atomic E-state index is 13.6. The number of halogens is 1. The monoisotopic (exact) mass is 449 g/mol. The number of primary amides is 1. The van der Waals surface area contributed by atoms with Crippen LogP contribution in [0.5, 0.6) is 0 Å². The Morgan fingerprint density at radius 2 is 1.84 bits per heavy atom. The van der Waals surface area contributed by atoms with Gasteiger partial charge in [0.2, 0.25) is 21.8 Å². The molecule has 0 spiro atoms. The molecule has 3 N–H and O–H groups in total. The minimum atomic E-state index is -3.97. The number of nitrogens with two attached hydrogens (primary N) is 1. The van der Waals surface area contributed by atoms with Crippen LogP contribution in [0.15, 0.2) is 29.2 Å². The molecule has 2 amide bonds. The molecule has 5 aliphatic carbocycles. The number of hydrogen-bond acceptors (Lipinski definition) is 4. The Morgan fingerprint density at radius 3 is 2.42 bits per heavy atom. The van der Waals surface area contributed by atoms with Crippen LogP contribution in [0.4, 0.5) is 4.39 Å². The molecule has 6 rings (SSSR count). The molecule has 0 radical (unpaired) electrons. The molecule has 2 atom stereocenters. The van der Waals surface area contributed by atoms with Crippen LogP contribution in [-0.2, 0) is 19.6 Å². The Morgan fingerprint density at radius 1 is 1.16 bits per heavy atom. The number of rotatable bonds is 7. The first-order valence-corrected chi connectivity index (χ1v) is 12.5. The van der Waals surface area contributed by atoms with Gasteiger partial charge in [0.25, 0.3) is 0 Å². The third kappa shape index (κ3) is 3.65. The number of benzene rings is 1. The molecule has 31 heavy (non-hydrogen) atoms. The smallest absolute Gasteiger partial charge is 0.243 e. The molecule has 2 unspecified atom stereocenters. The maximum Gasteiger partial charge on any atom is 0.243 e. The predicted molar refractivity (Wildman–Crippen MR) is 110 cm³/mol. The second-order valence-electron chi connectivity index (χ2n) is 9.95. The van der Waals surface area contributed by atoms with Crippen molar-refractivity contribution in [2.45, 2.75) is 61.9 Å². The zero-order chi connectivity index (χ0) is 22.0. The first-order valence-electron chi connectivity index (χ1n) is 11.0. The van der Waals surface area contributed by atoms with E-state index in [1.165, 1.54) is 22.5 Å². The summed E-state index contributed by atoms with van der Waals surface area (Å²) in [4.78, 5) is 24.9. The van der Waals surface area contributed by atoms with Crippen LogP contribution in [0.3, 0.4) is 0 Å². The lowest BCUT2D eigenvalue weighted by Gasteiger charge is -2.58. The molecule has 0 aliphatic heterocycles. The summed E-state index contributed by atoms with van der Waals surface area (Å²) < 4.78 is 41.0. The van der Waals surface area contributed by atoms with Gasteiger partial charge >= 0.3 is 0 Å². The fourth-order valence-corrected chi connectivity index (χ4v) is 8.14. The lowest BCUT2D eigenvalue weighted by atomic mass is 9.47. The molecule has 5 aliphatic rings. The first kappa shape index (κ1) is 20.9. The number of amides is 2. The van der Waals surface area contributed by atoms with Crippen LogP contribution in [0.2, 0.25) is 0 Å². The largest absolute Gasteiger partial charge is 0.369 e. The van der Waals surface area contributed by atoms with Crippen molar-refractivity contribution in [2.24, 2.45) is 28.9 Å². The molecular formula is C22H28FN3O4S. The van der Waals surface area contributed by atoms with E-state index in [-0.39, 0.29) is 47.2 Å². The lowest BCUT2D eigenvalue weighted by molar-refractivity contribution is -0.147. The molecule has 0 heterocycles. The van der Waals surface area contributed by atoms with Crippen molar-refractivity contribution in [3.05, 3.63) is 30.1 Å². The van der Waals surface area contributed by atoms with Crippen LogP contribution in [-0.4, -0.2) is 43.2 Å². The molecule has 7 nitrogen and oxygen atoms in total. The summed E-state index contributed by atoms with van der Waals surface area (Å²) in [6, 6.07) is 4.62. The highest BCUT2D eigenvalue weighted by molar-refractivity contribution is 7.89. The molecule has 9 heteroatoms. The Labute approximate surface area is 181 Å². The summed E-state index contributed by atoms with van der Waals surface area (Å²) in [5.41, 5.74) is 5.30. The van der Waals surface area contributed by atoms with E-state index in [4.69, 9.17) is 5.73 Å². The SMILES string of the molecule is NC(=O)C12CC3CC(C1)C(NC(=O)CN(C1CC1)S(=O)(=O)c1cccc(F)c1)C(C3)C2. The molecule has 1 aromatic carbocycles. The summed E-state index contributed by atoms with van der Waals surface area (Å²) in [5.74, 6) is -0.295. The van der Waals surface area contributed by atoms with Gasteiger partial charge in [-0.1, -0.05) is 6.07 Å². The van der Waals surface area contributed by atoms with E-state index in [1.54, 1.807) is 0 Å². The van der Waals surface area contributed by atoms with Crippen molar-refractivity contribution in [1.82, 2.24) is 9.62 Å². The van der Waals surface area contributed by atoms with Crippen LogP contribution < -0.4 is 11.1 Å². The third-order valence-corrected chi connectivity index (χ3v) is 9.67. The van der Waals surface area contributed by atoms with Gasteiger partial charge in [-0.2, -0.15) is 4.31 Å². The summed E-state index contributed by atoms with van der Waals surface area (Å²) in [6.07, 6.45) is 5.60. The first-order chi connectivity index (χ1) is 14.7. The average molecular weight is 450 g/mol. The van der Waals surface area contributed by atoms with Crippen LogP contribution >= 0.6 is 0 Å². The van der Waals surface area contributed by atoms with Crippen molar-refractivity contribution in [2.75, 3.05) is 6.54 Å². The summed E-state index contributed by atoms with van der Waals surface area (Å²) in [7, 11) is -3.97. The van der Waals surface area contributed by atoms with Crippen molar-refractivity contribution in [1.29, 1.82) is 0 Å². The van der Waals surface area contributed by atoms with E-state index < -0.39 is 21.3 Å². The van der Waals surface area contributed by atoms with Gasteiger partial charge in [-0.25, -0.2) is 12.8 Å². The Bertz CT molecular complexity index is 1010. The minimum Gasteiger partial charge on any atom is -0.369 e. The maximum absolute atomic E-state index is 13.6. The highest BCUT2D eigenvalue weighted by atomic mass is 32.2. The van der Waals surface area contributed by atoms with Crippen LogP contribution in [0.25, 0.3) is 0 Å². The van der Waals surface area contributed by atoms with E-state index in [2.05, 4.69) is 5.32 Å². The van der Waals surface area contributed by atoms with Gasteiger partial charge in [0.15, 0.2) is 0 Å². The third-order valence-electron chi connectivity index (χ3n) is 7.78. The Hall–Kier alpha value is -2.00. The second-order valence-corrected chi connectivity index (χ2v) is 11.8. The van der Waals surface area contributed by atoms with Crippen molar-refractivity contribution < 1.29 is 22.4 Å². The van der Waals surface area contributed by atoms with E-state index in [0.29, 0.717) is 31.6 Å². The zero-order valence-corrected chi connectivity index (χ0v) is 18.1. The summed E-state index contributed by atoms with van der Waals surface area (Å²) in [5, 5.41) is 3.09. The predicted octanol–water partition coefficient (Wildman–Crippen LogP) is 1.78. The van der Waals surface area contributed by atoms with Crippen LogP contribution in [0, 0.1) is 29.0 Å². The van der Waals surface area contributed by atoms with Gasteiger partial charge in [0.1, 0.15) is 5.82 Å². The van der Waals surface area contributed by atoms with Gasteiger partial charge in [-0.05, 0) is 80.9 Å². The van der Waals surface area contributed by atoms with Crippen molar-refractivity contribution in [3.8, 4) is 0 Å². The molecular weight excluding hydrogens is 421 g/mol. The molecule has 4 bridgehead atoms. The highest BCUT2D eigenvalue weighted by Crippen LogP contribution is 2.59. The van der Waals surface area contributed by atoms with Gasteiger partial charge in [-0.3, -0.25) is 9.59 Å². The number of carbonyl (C=O) groups is 2. The zero-order valence-electron chi connectivity index (χ0n) is 17.3. The molecule has 5 saturated carbocycles. The van der Waals surface area contributed by atoms with Crippen molar-refractivity contribution >= 4 is 21.8 Å². The molecule has 0 saturated heterocycles. The van der Waals surface area contributed by atoms with E-state index >= 15 is 0 Å². The molecule has 5 fully saturated rings. The van der Waals surface area contributed by atoms with Gasteiger partial charge in [0.05, 0.1) is 11.4 Å². The number of sulfonamides is 1. The summed E-state index contributed by atoms with van der Waals surface area (Å²) in [6.45, 7) is -0.274. The van der Waals surface area contributed by atoms with E-state index in [1.807, 2.05) is 0 Å². The Balaban J connectivity index is 1.30. The lowest BCUT2D eigenvalue weighted by Crippen LogP contribution is -2.62. The van der Waals surface area contributed by atoms with E-state index in [0.717, 1.165) is 25.3 Å². The Kier molecular flexibility index (Phi) is 4.89. The number of nitrogens with zero attached hydrogens (tertiary/aromatic N) is 1. The van der Waals surface area contributed by atoms with Crippen molar-refractivity contribution in [3.63, 3.8) is 0 Å². The highest BCUT2D eigenvalue weighted by Gasteiger charge is 2.58.